The Morgan fingerprint density at radius 3 is 2.72 bits per heavy atom. The molecule has 18 heavy (non-hydrogen) atoms. The first-order valence-corrected chi connectivity index (χ1v) is 6.26. The van der Waals surface area contributed by atoms with E-state index in [-0.39, 0.29) is 11.3 Å². The van der Waals surface area contributed by atoms with Crippen molar-refractivity contribution in [3.05, 3.63) is 29.8 Å². The predicted molar refractivity (Wildman–Crippen MR) is 70.4 cm³/mol. The lowest BCUT2D eigenvalue weighted by Crippen LogP contribution is -2.39. The van der Waals surface area contributed by atoms with E-state index in [2.05, 4.69) is 10.6 Å². The summed E-state index contributed by atoms with van der Waals surface area (Å²) in [6.45, 7) is 4.27. The molecule has 1 aromatic carbocycles. The van der Waals surface area contributed by atoms with Crippen LogP contribution < -0.4 is 15.4 Å². The normalized spacial score (nSPS) is 22.8. The zero-order chi connectivity index (χ0) is 13.0. The minimum atomic E-state index is -0.257. The van der Waals surface area contributed by atoms with Crippen molar-refractivity contribution in [2.75, 3.05) is 20.2 Å². The SMILES string of the molecule is COc1ccc(CNC(=O)C2(C)CCNC2)cc1. The van der Waals surface area contributed by atoms with Crippen molar-refractivity contribution in [3.63, 3.8) is 0 Å². The van der Waals surface area contributed by atoms with Crippen LogP contribution in [0, 0.1) is 5.41 Å². The van der Waals surface area contributed by atoms with Gasteiger partial charge in [0, 0.05) is 13.1 Å². The molecule has 0 bridgehead atoms. The largest absolute Gasteiger partial charge is 0.497 e. The molecule has 4 nitrogen and oxygen atoms in total. The molecule has 1 aliphatic heterocycles. The average molecular weight is 248 g/mol. The van der Waals surface area contributed by atoms with Gasteiger partial charge < -0.3 is 15.4 Å². The molecule has 1 fully saturated rings. The summed E-state index contributed by atoms with van der Waals surface area (Å²) in [6.07, 6.45) is 0.904. The van der Waals surface area contributed by atoms with Crippen LogP contribution in [0.25, 0.3) is 0 Å². The van der Waals surface area contributed by atoms with Gasteiger partial charge in [-0.05, 0) is 37.6 Å². The van der Waals surface area contributed by atoms with E-state index in [1.165, 1.54) is 0 Å². The Morgan fingerprint density at radius 2 is 2.17 bits per heavy atom. The highest BCUT2D eigenvalue weighted by atomic mass is 16.5. The second-order valence-corrected chi connectivity index (χ2v) is 5.02. The van der Waals surface area contributed by atoms with E-state index in [0.29, 0.717) is 6.54 Å². The summed E-state index contributed by atoms with van der Waals surface area (Å²) in [6, 6.07) is 7.74. The zero-order valence-corrected chi connectivity index (χ0v) is 11.0. The van der Waals surface area contributed by atoms with Crippen molar-refractivity contribution in [2.24, 2.45) is 5.41 Å². The highest BCUT2D eigenvalue weighted by Gasteiger charge is 2.35. The number of carbonyl (C=O) groups excluding carboxylic acids is 1. The lowest BCUT2D eigenvalue weighted by molar-refractivity contribution is -0.129. The van der Waals surface area contributed by atoms with Gasteiger partial charge in [-0.1, -0.05) is 12.1 Å². The van der Waals surface area contributed by atoms with Gasteiger partial charge in [-0.3, -0.25) is 4.79 Å². The van der Waals surface area contributed by atoms with Gasteiger partial charge in [0.2, 0.25) is 5.91 Å². The van der Waals surface area contributed by atoms with Crippen molar-refractivity contribution in [3.8, 4) is 5.75 Å². The molecule has 0 spiro atoms. The fourth-order valence-corrected chi connectivity index (χ4v) is 2.15. The van der Waals surface area contributed by atoms with Crippen molar-refractivity contribution < 1.29 is 9.53 Å². The van der Waals surface area contributed by atoms with Gasteiger partial charge in [0.05, 0.1) is 12.5 Å². The second-order valence-electron chi connectivity index (χ2n) is 5.02. The van der Waals surface area contributed by atoms with Crippen LogP contribution in [0.5, 0.6) is 5.75 Å². The Bertz CT molecular complexity index is 408. The third-order valence-corrected chi connectivity index (χ3v) is 3.53. The first-order valence-electron chi connectivity index (χ1n) is 6.26. The minimum Gasteiger partial charge on any atom is -0.497 e. The van der Waals surface area contributed by atoms with Crippen LogP contribution in [-0.4, -0.2) is 26.1 Å². The number of amides is 1. The molecule has 98 valence electrons. The van der Waals surface area contributed by atoms with Gasteiger partial charge in [-0.25, -0.2) is 0 Å². The highest BCUT2D eigenvalue weighted by molar-refractivity contribution is 5.82. The summed E-state index contributed by atoms with van der Waals surface area (Å²) in [5.41, 5.74) is 0.825. The summed E-state index contributed by atoms with van der Waals surface area (Å²) < 4.78 is 5.10. The highest BCUT2D eigenvalue weighted by Crippen LogP contribution is 2.24. The van der Waals surface area contributed by atoms with Crippen molar-refractivity contribution in [1.29, 1.82) is 0 Å². The van der Waals surface area contributed by atoms with Gasteiger partial charge in [-0.2, -0.15) is 0 Å². The van der Waals surface area contributed by atoms with E-state index in [1.807, 2.05) is 31.2 Å². The maximum absolute atomic E-state index is 12.1. The summed E-state index contributed by atoms with van der Waals surface area (Å²) in [4.78, 5) is 12.1. The molecule has 0 aliphatic carbocycles. The number of carbonyl (C=O) groups is 1. The van der Waals surface area contributed by atoms with E-state index >= 15 is 0 Å². The molecular weight excluding hydrogens is 228 g/mol. The Labute approximate surface area is 108 Å². The summed E-state index contributed by atoms with van der Waals surface area (Å²) in [7, 11) is 1.64. The fraction of sp³-hybridized carbons (Fsp3) is 0.500. The molecule has 0 aromatic heterocycles. The zero-order valence-electron chi connectivity index (χ0n) is 11.0. The molecule has 1 unspecified atom stereocenters. The molecular formula is C14H20N2O2. The molecule has 2 rings (SSSR count). The van der Waals surface area contributed by atoms with E-state index in [0.717, 1.165) is 30.8 Å². The lowest BCUT2D eigenvalue weighted by Gasteiger charge is -2.21. The smallest absolute Gasteiger partial charge is 0.227 e. The Morgan fingerprint density at radius 1 is 1.44 bits per heavy atom. The number of methoxy groups -OCH3 is 1. The van der Waals surface area contributed by atoms with Crippen LogP contribution in [0.1, 0.15) is 18.9 Å². The van der Waals surface area contributed by atoms with Crippen LogP contribution in [0.3, 0.4) is 0 Å². The van der Waals surface area contributed by atoms with E-state index < -0.39 is 0 Å². The van der Waals surface area contributed by atoms with Gasteiger partial charge in [0.25, 0.3) is 0 Å². The molecule has 1 heterocycles. The first kappa shape index (κ1) is 12.9. The molecule has 1 amide bonds. The van der Waals surface area contributed by atoms with Crippen molar-refractivity contribution in [2.45, 2.75) is 19.9 Å². The Hall–Kier alpha value is -1.55. The van der Waals surface area contributed by atoms with E-state index in [4.69, 9.17) is 4.74 Å². The Kier molecular flexibility index (Phi) is 3.87. The van der Waals surface area contributed by atoms with E-state index in [1.54, 1.807) is 7.11 Å². The molecule has 0 saturated carbocycles. The number of benzene rings is 1. The van der Waals surface area contributed by atoms with Gasteiger partial charge in [-0.15, -0.1) is 0 Å². The maximum Gasteiger partial charge on any atom is 0.227 e. The lowest BCUT2D eigenvalue weighted by atomic mass is 9.89. The molecule has 1 aromatic rings. The predicted octanol–water partition coefficient (Wildman–Crippen LogP) is 1.31. The Balaban J connectivity index is 1.88. The van der Waals surface area contributed by atoms with Gasteiger partial charge >= 0.3 is 0 Å². The fourth-order valence-electron chi connectivity index (χ4n) is 2.15. The van der Waals surface area contributed by atoms with Crippen LogP contribution in [0.4, 0.5) is 0 Å². The van der Waals surface area contributed by atoms with Gasteiger partial charge in [0.15, 0.2) is 0 Å². The number of hydrogen-bond acceptors (Lipinski definition) is 3. The molecule has 2 N–H and O–H groups in total. The van der Waals surface area contributed by atoms with Crippen molar-refractivity contribution in [1.82, 2.24) is 10.6 Å². The van der Waals surface area contributed by atoms with Gasteiger partial charge in [0.1, 0.15) is 5.75 Å². The minimum absolute atomic E-state index is 0.128. The number of ether oxygens (including phenoxy) is 1. The first-order chi connectivity index (χ1) is 8.64. The van der Waals surface area contributed by atoms with Crippen LogP contribution >= 0.6 is 0 Å². The molecule has 0 radical (unpaired) electrons. The van der Waals surface area contributed by atoms with Crippen LogP contribution in [-0.2, 0) is 11.3 Å². The quantitative estimate of drug-likeness (QED) is 0.844. The topological polar surface area (TPSA) is 50.4 Å². The summed E-state index contributed by atoms with van der Waals surface area (Å²) in [5.74, 6) is 0.959. The standard InChI is InChI=1S/C14H20N2O2/c1-14(7-8-15-10-14)13(17)16-9-11-3-5-12(18-2)6-4-11/h3-6,15H,7-10H2,1-2H3,(H,16,17). The van der Waals surface area contributed by atoms with Crippen LogP contribution in [0.15, 0.2) is 24.3 Å². The third-order valence-electron chi connectivity index (χ3n) is 3.53. The maximum atomic E-state index is 12.1. The molecule has 4 heteroatoms. The van der Waals surface area contributed by atoms with Crippen molar-refractivity contribution >= 4 is 5.91 Å². The van der Waals surface area contributed by atoms with E-state index in [9.17, 15) is 4.79 Å². The summed E-state index contributed by atoms with van der Waals surface area (Å²) in [5, 5.41) is 6.23. The third kappa shape index (κ3) is 2.82. The molecule has 1 saturated heterocycles. The summed E-state index contributed by atoms with van der Waals surface area (Å²) >= 11 is 0. The molecule has 1 aliphatic rings. The number of hydrogen-bond donors (Lipinski definition) is 2. The monoisotopic (exact) mass is 248 g/mol. The van der Waals surface area contributed by atoms with Crippen LogP contribution in [0.2, 0.25) is 0 Å². The number of nitrogens with one attached hydrogen (secondary N) is 2. The molecule has 1 atom stereocenters. The average Bonchev–Trinajstić information content (AvgIpc) is 2.85. The second kappa shape index (κ2) is 5.40. The number of rotatable bonds is 4.